The lowest BCUT2D eigenvalue weighted by Crippen LogP contribution is -2.45. The van der Waals surface area contributed by atoms with Gasteiger partial charge in [-0.15, -0.1) is 0 Å². The molecule has 1 fully saturated rings. The number of anilines is 1. The summed E-state index contributed by atoms with van der Waals surface area (Å²) in [7, 11) is -4.38. The minimum absolute atomic E-state index is 0.117. The van der Waals surface area contributed by atoms with Gasteiger partial charge < -0.3 is 25.8 Å². The van der Waals surface area contributed by atoms with Gasteiger partial charge in [0.1, 0.15) is 35.9 Å². The fraction of sp³-hybridized carbons (Fsp3) is 0.294. The fourth-order valence-electron chi connectivity index (χ4n) is 3.25. The molecule has 4 rings (SSSR count). The van der Waals surface area contributed by atoms with Gasteiger partial charge in [0, 0.05) is 6.54 Å². The Labute approximate surface area is 180 Å². The van der Waals surface area contributed by atoms with Crippen molar-refractivity contribution in [3.8, 4) is 5.75 Å². The number of nitrogens with one attached hydrogen (secondary N) is 2. The normalized spacial score (nSPS) is 23.4. The maximum atomic E-state index is 12.2. The van der Waals surface area contributed by atoms with Gasteiger partial charge in [0.05, 0.1) is 11.9 Å². The van der Waals surface area contributed by atoms with Gasteiger partial charge in [0.25, 0.3) is 5.91 Å². The van der Waals surface area contributed by atoms with Crippen LogP contribution in [0.25, 0.3) is 11.2 Å². The first kappa shape index (κ1) is 21.8. The number of phenolic OH excluding ortho intramolecular Hbond substituents is 1. The molecule has 14 nitrogen and oxygen atoms in total. The molecule has 32 heavy (non-hydrogen) atoms. The first-order chi connectivity index (χ1) is 15.2. The maximum absolute atomic E-state index is 12.2. The second-order valence-corrected chi connectivity index (χ2v) is 8.43. The minimum atomic E-state index is -4.38. The van der Waals surface area contributed by atoms with Gasteiger partial charge in [0.2, 0.25) is 0 Å². The Bertz CT molecular complexity index is 1270. The Morgan fingerprint density at radius 1 is 1.19 bits per heavy atom. The van der Waals surface area contributed by atoms with Gasteiger partial charge in [0.15, 0.2) is 17.7 Å². The van der Waals surface area contributed by atoms with E-state index >= 15 is 0 Å². The van der Waals surface area contributed by atoms with E-state index in [1.54, 1.807) is 4.72 Å². The Balaban J connectivity index is 1.44. The number of nitrogens with two attached hydrogens (primary N) is 1. The molecular formula is C17H19N7O7S. The fourth-order valence-corrected chi connectivity index (χ4v) is 4.06. The number of aliphatic hydroxyl groups excluding tert-OH is 2. The number of carbonyl (C=O) groups excluding carboxylic acids is 1. The number of rotatable bonds is 6. The van der Waals surface area contributed by atoms with Crippen LogP contribution in [0, 0.1) is 0 Å². The molecule has 1 unspecified atom stereocenters. The summed E-state index contributed by atoms with van der Waals surface area (Å²) in [6.07, 6.45) is -2.69. The number of imidazole rings is 1. The molecule has 170 valence electrons. The highest BCUT2D eigenvalue weighted by molar-refractivity contribution is 7.88. The number of amides is 1. The number of para-hydroxylation sites is 1. The summed E-state index contributed by atoms with van der Waals surface area (Å²) in [4.78, 5) is 24.0. The van der Waals surface area contributed by atoms with Gasteiger partial charge in [-0.2, -0.15) is 13.1 Å². The lowest BCUT2D eigenvalue weighted by atomic mass is 10.1. The molecule has 3 heterocycles. The van der Waals surface area contributed by atoms with Gasteiger partial charge in [-0.3, -0.25) is 9.36 Å². The Morgan fingerprint density at radius 3 is 2.69 bits per heavy atom. The van der Waals surface area contributed by atoms with E-state index in [0.29, 0.717) is 0 Å². The van der Waals surface area contributed by atoms with Crippen LogP contribution < -0.4 is 15.2 Å². The van der Waals surface area contributed by atoms with Gasteiger partial charge >= 0.3 is 10.2 Å². The van der Waals surface area contributed by atoms with Crippen molar-refractivity contribution < 1.29 is 33.3 Å². The highest BCUT2D eigenvalue weighted by atomic mass is 32.2. The number of hydrogen-bond acceptors (Lipinski definition) is 11. The lowest BCUT2D eigenvalue weighted by Gasteiger charge is -2.16. The first-order valence-electron chi connectivity index (χ1n) is 9.22. The van der Waals surface area contributed by atoms with Crippen molar-refractivity contribution in [1.82, 2.24) is 29.0 Å². The monoisotopic (exact) mass is 465 g/mol. The predicted molar refractivity (Wildman–Crippen MR) is 108 cm³/mol. The zero-order valence-corrected chi connectivity index (χ0v) is 17.0. The molecule has 0 aliphatic carbocycles. The number of hydrogen-bond donors (Lipinski definition) is 6. The first-order valence-corrected chi connectivity index (χ1v) is 10.7. The molecule has 3 aromatic rings. The summed E-state index contributed by atoms with van der Waals surface area (Å²) in [5.41, 5.74) is 6.03. The van der Waals surface area contributed by atoms with E-state index < -0.39 is 53.0 Å². The van der Waals surface area contributed by atoms with Crippen molar-refractivity contribution in [1.29, 1.82) is 0 Å². The predicted octanol–water partition coefficient (Wildman–Crippen LogP) is -2.00. The molecule has 7 N–H and O–H groups in total. The zero-order valence-electron chi connectivity index (χ0n) is 16.2. The van der Waals surface area contributed by atoms with Gasteiger partial charge in [-0.25, -0.2) is 19.7 Å². The van der Waals surface area contributed by atoms with E-state index in [1.165, 1.54) is 41.5 Å². The van der Waals surface area contributed by atoms with Crippen LogP contribution in [0.3, 0.4) is 0 Å². The summed E-state index contributed by atoms with van der Waals surface area (Å²) in [6.45, 7) is -0.470. The molecule has 2 aromatic heterocycles. The summed E-state index contributed by atoms with van der Waals surface area (Å²) in [5.74, 6) is -1.33. The third kappa shape index (κ3) is 4.06. The number of aliphatic hydroxyl groups is 2. The smallest absolute Gasteiger partial charge is 0.301 e. The van der Waals surface area contributed by atoms with Crippen molar-refractivity contribution >= 4 is 33.1 Å². The minimum Gasteiger partial charge on any atom is -0.507 e. The zero-order chi connectivity index (χ0) is 23.0. The molecule has 1 amide bonds. The number of benzene rings is 1. The van der Waals surface area contributed by atoms with E-state index in [9.17, 15) is 28.5 Å². The molecule has 1 aliphatic rings. The highest BCUT2D eigenvalue weighted by Gasteiger charge is 2.44. The lowest BCUT2D eigenvalue weighted by molar-refractivity contribution is -0.0330. The molecule has 0 radical (unpaired) electrons. The Hall–Kier alpha value is -3.37. The van der Waals surface area contributed by atoms with Crippen molar-refractivity contribution in [2.24, 2.45) is 0 Å². The third-order valence-electron chi connectivity index (χ3n) is 4.85. The second kappa shape index (κ2) is 8.29. The van der Waals surface area contributed by atoms with E-state index in [0.717, 1.165) is 0 Å². The standard InChI is InChI=1S/C17H19N7O7S/c18-14-11-15(20-6-19-14)24(7-21-11)17-13(27)12(26)10(31-17)5-22-32(29,30)23-16(28)8-3-1-2-4-9(8)25/h1-4,6-7,10,12-13,17,22,25-27H,5H2,(H,23,28)(H2,18,19,20)/t10?,12-,13-,17-/m1/s1. The van der Waals surface area contributed by atoms with Gasteiger partial charge in [-0.1, -0.05) is 12.1 Å². The Kier molecular flexibility index (Phi) is 5.66. The number of ether oxygens (including phenoxy) is 1. The van der Waals surface area contributed by atoms with Crippen LogP contribution in [0.2, 0.25) is 0 Å². The number of aromatic nitrogens is 4. The molecule has 0 saturated carbocycles. The molecule has 4 atom stereocenters. The average molecular weight is 465 g/mol. The number of carbonyl (C=O) groups is 1. The van der Waals surface area contributed by atoms with E-state index in [-0.39, 0.29) is 22.5 Å². The van der Waals surface area contributed by atoms with Crippen LogP contribution in [-0.4, -0.2) is 74.0 Å². The van der Waals surface area contributed by atoms with Crippen molar-refractivity contribution in [2.45, 2.75) is 24.5 Å². The molecule has 1 aliphatic heterocycles. The van der Waals surface area contributed by atoms with Gasteiger partial charge in [-0.05, 0) is 12.1 Å². The number of fused-ring (bicyclic) bond motifs is 1. The van der Waals surface area contributed by atoms with Crippen molar-refractivity contribution in [3.63, 3.8) is 0 Å². The quantitative estimate of drug-likeness (QED) is 0.234. The summed E-state index contributed by atoms with van der Waals surface area (Å²) in [6, 6.07) is 5.41. The molecule has 0 bridgehead atoms. The molecule has 1 saturated heterocycles. The van der Waals surface area contributed by atoms with Crippen molar-refractivity contribution in [3.05, 3.63) is 42.5 Å². The molecular weight excluding hydrogens is 446 g/mol. The van der Waals surface area contributed by atoms with E-state index in [4.69, 9.17) is 10.5 Å². The highest BCUT2D eigenvalue weighted by Crippen LogP contribution is 2.31. The number of nitrogen functional groups attached to an aromatic ring is 1. The van der Waals surface area contributed by atoms with Crippen LogP contribution in [0.5, 0.6) is 5.75 Å². The summed E-state index contributed by atoms with van der Waals surface area (Å²) >= 11 is 0. The van der Waals surface area contributed by atoms with E-state index in [1.807, 2.05) is 0 Å². The molecule has 0 spiro atoms. The largest absolute Gasteiger partial charge is 0.507 e. The molecule has 1 aromatic carbocycles. The molecule has 15 heteroatoms. The summed E-state index contributed by atoms with van der Waals surface area (Å²) < 4.78 is 35.2. The number of aromatic hydroxyl groups is 1. The van der Waals surface area contributed by atoms with Crippen LogP contribution >= 0.6 is 0 Å². The van der Waals surface area contributed by atoms with Crippen LogP contribution in [-0.2, 0) is 14.9 Å². The SMILES string of the molecule is Nc1ncnc2c1ncn2[C@@H]1OC(CNS(=O)(=O)NC(=O)c2ccccc2O)[C@@H](O)[C@H]1O. The van der Waals surface area contributed by atoms with Crippen LogP contribution in [0.4, 0.5) is 5.82 Å². The topological polar surface area (TPSA) is 215 Å². The average Bonchev–Trinajstić information content (AvgIpc) is 3.29. The van der Waals surface area contributed by atoms with Crippen LogP contribution in [0.15, 0.2) is 36.9 Å². The summed E-state index contributed by atoms with van der Waals surface area (Å²) in [5, 5.41) is 30.4. The number of nitrogens with zero attached hydrogens (tertiary/aromatic N) is 4. The van der Waals surface area contributed by atoms with Crippen molar-refractivity contribution in [2.75, 3.05) is 12.3 Å². The second-order valence-electron chi connectivity index (χ2n) is 6.93. The van der Waals surface area contributed by atoms with E-state index in [2.05, 4.69) is 19.7 Å². The Morgan fingerprint density at radius 2 is 1.94 bits per heavy atom. The maximum Gasteiger partial charge on any atom is 0.301 e. The third-order valence-corrected chi connectivity index (χ3v) is 5.85. The van der Waals surface area contributed by atoms with Crippen LogP contribution in [0.1, 0.15) is 16.6 Å². The number of phenols is 1.